The topological polar surface area (TPSA) is 76.4 Å². The molecule has 0 saturated heterocycles. The summed E-state index contributed by atoms with van der Waals surface area (Å²) in [6, 6.07) is 8.79. The molecule has 1 atom stereocenters. The lowest BCUT2D eigenvalue weighted by Gasteiger charge is -2.16. The summed E-state index contributed by atoms with van der Waals surface area (Å²) in [4.78, 5) is 16.6. The molecule has 0 spiro atoms. The molecule has 2 aromatic carbocycles. The third-order valence-electron chi connectivity index (χ3n) is 3.69. The third-order valence-corrected chi connectivity index (χ3v) is 3.98. The average Bonchev–Trinajstić information content (AvgIpc) is 2.96. The van der Waals surface area contributed by atoms with Gasteiger partial charge in [0, 0.05) is 18.3 Å². The number of carbonyl (C=O) groups excluding carboxylic acids is 1. The van der Waals surface area contributed by atoms with Gasteiger partial charge in [-0.1, -0.05) is 11.6 Å². The summed E-state index contributed by atoms with van der Waals surface area (Å²) < 4.78 is 34.2. The molecule has 0 aliphatic carbocycles. The van der Waals surface area contributed by atoms with Gasteiger partial charge in [0.1, 0.15) is 17.3 Å². The summed E-state index contributed by atoms with van der Waals surface area (Å²) in [5.74, 6) is 0.0705. The Morgan fingerprint density at radius 3 is 2.67 bits per heavy atom. The second kappa shape index (κ2) is 7.79. The first-order chi connectivity index (χ1) is 12.8. The molecule has 1 heterocycles. The first-order valence-electron chi connectivity index (χ1n) is 8.01. The van der Waals surface area contributed by atoms with E-state index < -0.39 is 12.7 Å². The van der Waals surface area contributed by atoms with Crippen molar-refractivity contribution in [3.8, 4) is 5.75 Å². The van der Waals surface area contributed by atoms with Crippen molar-refractivity contribution in [1.82, 2.24) is 4.98 Å². The van der Waals surface area contributed by atoms with Crippen molar-refractivity contribution in [3.63, 3.8) is 0 Å². The molecule has 0 aliphatic rings. The third kappa shape index (κ3) is 4.65. The molecule has 142 valence electrons. The lowest BCUT2D eigenvalue weighted by molar-refractivity contribution is -0.116. The molecule has 9 heteroatoms. The van der Waals surface area contributed by atoms with Crippen LogP contribution in [0, 0.1) is 6.92 Å². The van der Waals surface area contributed by atoms with Crippen LogP contribution in [0.4, 0.5) is 20.2 Å². The average molecular weight is 396 g/mol. The molecule has 3 aromatic rings. The van der Waals surface area contributed by atoms with Gasteiger partial charge in [-0.15, -0.1) is 0 Å². The van der Waals surface area contributed by atoms with Crippen LogP contribution in [-0.2, 0) is 4.79 Å². The van der Waals surface area contributed by atoms with Gasteiger partial charge < -0.3 is 19.8 Å². The molecule has 0 saturated carbocycles. The maximum Gasteiger partial charge on any atom is 0.387 e. The predicted octanol–water partition coefficient (Wildman–Crippen LogP) is 4.83. The molecule has 6 nitrogen and oxygen atoms in total. The molecule has 3 rings (SSSR count). The number of aryl methyl sites for hydroxylation is 1. The first kappa shape index (κ1) is 18.9. The van der Waals surface area contributed by atoms with Gasteiger partial charge in [0.25, 0.3) is 0 Å². The van der Waals surface area contributed by atoms with E-state index in [2.05, 4.69) is 20.4 Å². The van der Waals surface area contributed by atoms with E-state index in [9.17, 15) is 13.6 Å². The van der Waals surface area contributed by atoms with E-state index in [-0.39, 0.29) is 16.7 Å². The summed E-state index contributed by atoms with van der Waals surface area (Å²) in [6.07, 6.45) is 0. The molecule has 1 amide bonds. The van der Waals surface area contributed by atoms with Crippen molar-refractivity contribution in [2.24, 2.45) is 0 Å². The van der Waals surface area contributed by atoms with Crippen LogP contribution in [0.1, 0.15) is 12.8 Å². The minimum Gasteiger partial charge on any atom is -0.441 e. The Labute approximate surface area is 158 Å². The number of hydrogen-bond acceptors (Lipinski definition) is 5. The van der Waals surface area contributed by atoms with Gasteiger partial charge in [0.15, 0.2) is 11.5 Å². The fourth-order valence-electron chi connectivity index (χ4n) is 2.47. The van der Waals surface area contributed by atoms with Crippen molar-refractivity contribution < 1.29 is 22.7 Å². The highest BCUT2D eigenvalue weighted by Crippen LogP contribution is 2.29. The number of nitrogens with one attached hydrogen (secondary N) is 2. The number of alkyl halides is 2. The Morgan fingerprint density at radius 1 is 1.22 bits per heavy atom. The molecule has 0 fully saturated rings. The number of aromatic nitrogens is 1. The quantitative estimate of drug-likeness (QED) is 0.625. The Bertz CT molecular complexity index is 978. The Hall–Kier alpha value is -2.87. The number of carbonyl (C=O) groups is 1. The van der Waals surface area contributed by atoms with E-state index in [0.29, 0.717) is 28.4 Å². The molecule has 0 bridgehead atoms. The Morgan fingerprint density at radius 2 is 1.96 bits per heavy atom. The molecule has 2 N–H and O–H groups in total. The van der Waals surface area contributed by atoms with Crippen LogP contribution in [0.3, 0.4) is 0 Å². The minimum atomic E-state index is -2.97. The van der Waals surface area contributed by atoms with Crippen LogP contribution in [0.2, 0.25) is 5.02 Å². The van der Waals surface area contributed by atoms with Crippen molar-refractivity contribution >= 4 is 40.0 Å². The number of ether oxygens (including phenoxy) is 1. The number of oxazole rings is 1. The lowest BCUT2D eigenvalue weighted by Crippen LogP contribution is -2.31. The van der Waals surface area contributed by atoms with Gasteiger partial charge in [-0.3, -0.25) is 4.79 Å². The zero-order chi connectivity index (χ0) is 19.6. The van der Waals surface area contributed by atoms with Crippen molar-refractivity contribution in [1.29, 1.82) is 0 Å². The number of halogens is 3. The zero-order valence-corrected chi connectivity index (χ0v) is 15.2. The highest BCUT2D eigenvalue weighted by atomic mass is 35.5. The number of benzene rings is 2. The Kier molecular flexibility index (Phi) is 5.46. The van der Waals surface area contributed by atoms with Gasteiger partial charge in [-0.25, -0.2) is 4.98 Å². The predicted molar refractivity (Wildman–Crippen MR) is 98.5 cm³/mol. The number of fused-ring (bicyclic) bond motifs is 1. The smallest absolute Gasteiger partial charge is 0.387 e. The SMILES string of the molecule is Cc1nc2cc(NC(C)C(=O)Nc3ccc(OC(F)F)c(Cl)c3)ccc2o1. The maximum atomic E-state index is 12.4. The highest BCUT2D eigenvalue weighted by Gasteiger charge is 2.15. The van der Waals surface area contributed by atoms with Crippen LogP contribution < -0.4 is 15.4 Å². The van der Waals surface area contributed by atoms with E-state index >= 15 is 0 Å². The van der Waals surface area contributed by atoms with Gasteiger partial charge in [-0.05, 0) is 43.3 Å². The van der Waals surface area contributed by atoms with Crippen LogP contribution in [-0.4, -0.2) is 23.5 Å². The zero-order valence-electron chi connectivity index (χ0n) is 14.4. The standard InChI is InChI=1S/C18H16ClF2N3O3/c1-9(22-12-4-6-16-14(8-12)23-10(2)26-16)17(25)24-11-3-5-15(13(19)7-11)27-18(20)21/h3-9,18,22H,1-2H3,(H,24,25). The van der Waals surface area contributed by atoms with E-state index in [4.69, 9.17) is 16.0 Å². The molecule has 0 radical (unpaired) electrons. The van der Waals surface area contributed by atoms with Crippen molar-refractivity contribution in [2.75, 3.05) is 10.6 Å². The number of nitrogens with zero attached hydrogens (tertiary/aromatic N) is 1. The van der Waals surface area contributed by atoms with Crippen LogP contribution in [0.25, 0.3) is 11.1 Å². The summed E-state index contributed by atoms with van der Waals surface area (Å²) in [7, 11) is 0. The molecule has 1 unspecified atom stereocenters. The highest BCUT2D eigenvalue weighted by molar-refractivity contribution is 6.32. The second-order valence-electron chi connectivity index (χ2n) is 5.79. The number of amides is 1. The maximum absolute atomic E-state index is 12.4. The fourth-order valence-corrected chi connectivity index (χ4v) is 2.69. The summed E-state index contributed by atoms with van der Waals surface area (Å²) in [5, 5.41) is 5.70. The summed E-state index contributed by atoms with van der Waals surface area (Å²) in [6.45, 7) is 0.466. The van der Waals surface area contributed by atoms with Gasteiger partial charge in [0.2, 0.25) is 5.91 Å². The number of anilines is 2. The molecular weight excluding hydrogens is 380 g/mol. The van der Waals surface area contributed by atoms with Crippen molar-refractivity contribution in [2.45, 2.75) is 26.5 Å². The van der Waals surface area contributed by atoms with Gasteiger partial charge >= 0.3 is 6.61 Å². The second-order valence-corrected chi connectivity index (χ2v) is 6.20. The van der Waals surface area contributed by atoms with Crippen LogP contribution >= 0.6 is 11.6 Å². The van der Waals surface area contributed by atoms with Crippen molar-refractivity contribution in [3.05, 3.63) is 47.3 Å². The fraction of sp³-hybridized carbons (Fsp3) is 0.222. The van der Waals surface area contributed by atoms with Crippen LogP contribution in [0.5, 0.6) is 5.75 Å². The van der Waals surface area contributed by atoms with Crippen LogP contribution in [0.15, 0.2) is 40.8 Å². The summed E-state index contributed by atoms with van der Waals surface area (Å²) in [5.41, 5.74) is 2.42. The van der Waals surface area contributed by atoms with E-state index in [1.54, 1.807) is 32.0 Å². The molecule has 1 aromatic heterocycles. The van der Waals surface area contributed by atoms with Gasteiger partial charge in [0.05, 0.1) is 5.02 Å². The molecular formula is C18H16ClF2N3O3. The molecule has 0 aliphatic heterocycles. The van der Waals surface area contributed by atoms with E-state index in [1.165, 1.54) is 18.2 Å². The van der Waals surface area contributed by atoms with E-state index in [0.717, 1.165) is 0 Å². The minimum absolute atomic E-state index is 0.0273. The normalized spacial score (nSPS) is 12.2. The van der Waals surface area contributed by atoms with E-state index in [1.807, 2.05) is 0 Å². The number of rotatable bonds is 6. The van der Waals surface area contributed by atoms with Gasteiger partial charge in [-0.2, -0.15) is 8.78 Å². The monoisotopic (exact) mass is 395 g/mol. The summed E-state index contributed by atoms with van der Waals surface area (Å²) >= 11 is 5.88. The first-order valence-corrected chi connectivity index (χ1v) is 8.38. The molecule has 27 heavy (non-hydrogen) atoms. The lowest BCUT2D eigenvalue weighted by atomic mass is 10.2. The largest absolute Gasteiger partial charge is 0.441 e. The Balaban J connectivity index is 1.65. The number of hydrogen-bond donors (Lipinski definition) is 2.